The number of aliphatic hydroxyl groups excluding tert-OH is 1. The van der Waals surface area contributed by atoms with Crippen LogP contribution >= 0.6 is 11.6 Å². The van der Waals surface area contributed by atoms with Crippen LogP contribution in [0, 0.1) is 6.92 Å². The molecule has 0 saturated carbocycles. The Morgan fingerprint density at radius 2 is 1.82 bits per heavy atom. The predicted molar refractivity (Wildman–Crippen MR) is 136 cm³/mol. The standard InChI is InChI=1S/C24H22ClN5O2.C2H6/c1-15-12-27-24(29-19-10-6-5-9-18(19)25)30-22(15)17-11-20(26-13-17)23(32)28-21(14-31)16-7-3-2-4-8-16;1-2/h2-13,21,26,31H,14H2,1H3,(H,28,32)(H,27,29,30);1-2H3. The summed E-state index contributed by atoms with van der Waals surface area (Å²) in [5.41, 5.74) is 4.20. The average molecular weight is 478 g/mol. The minimum atomic E-state index is -0.498. The molecule has 2 aromatic carbocycles. The molecule has 0 aliphatic rings. The highest BCUT2D eigenvalue weighted by atomic mass is 35.5. The maximum Gasteiger partial charge on any atom is 0.268 e. The molecule has 2 heterocycles. The number of nitrogens with one attached hydrogen (secondary N) is 3. The molecule has 0 radical (unpaired) electrons. The number of H-pyrrole nitrogens is 1. The summed E-state index contributed by atoms with van der Waals surface area (Å²) in [7, 11) is 0. The van der Waals surface area contributed by atoms with Gasteiger partial charge in [-0.3, -0.25) is 4.79 Å². The quantitative estimate of drug-likeness (QED) is 0.275. The van der Waals surface area contributed by atoms with Gasteiger partial charge in [-0.25, -0.2) is 9.97 Å². The van der Waals surface area contributed by atoms with Gasteiger partial charge in [-0.15, -0.1) is 0 Å². The molecule has 2 aromatic heterocycles. The van der Waals surface area contributed by atoms with Crippen molar-refractivity contribution < 1.29 is 9.90 Å². The van der Waals surface area contributed by atoms with Crippen LogP contribution in [0.4, 0.5) is 11.6 Å². The fourth-order valence-electron chi connectivity index (χ4n) is 3.30. The van der Waals surface area contributed by atoms with Gasteiger partial charge < -0.3 is 20.7 Å². The fraction of sp³-hybridized carbons (Fsp3) is 0.192. The first-order valence-electron chi connectivity index (χ1n) is 11.1. The monoisotopic (exact) mass is 477 g/mol. The van der Waals surface area contributed by atoms with Gasteiger partial charge in [0.25, 0.3) is 5.91 Å². The number of aliphatic hydroxyl groups is 1. The van der Waals surface area contributed by atoms with E-state index in [0.29, 0.717) is 28.0 Å². The zero-order valence-electron chi connectivity index (χ0n) is 19.3. The summed E-state index contributed by atoms with van der Waals surface area (Å²) < 4.78 is 0. The molecule has 0 bridgehead atoms. The number of aryl methyl sites for hydroxylation is 1. The Morgan fingerprint density at radius 1 is 1.12 bits per heavy atom. The number of carbonyl (C=O) groups is 1. The van der Waals surface area contributed by atoms with Crippen molar-refractivity contribution in [3.63, 3.8) is 0 Å². The Labute approximate surface area is 204 Å². The van der Waals surface area contributed by atoms with Gasteiger partial charge in [0.1, 0.15) is 5.69 Å². The number of para-hydroxylation sites is 1. The Balaban J connectivity index is 0.00000158. The molecule has 7 nitrogen and oxygen atoms in total. The summed E-state index contributed by atoms with van der Waals surface area (Å²) in [6.07, 6.45) is 3.44. The molecule has 176 valence electrons. The second-order valence-electron chi connectivity index (χ2n) is 7.25. The molecule has 0 aliphatic carbocycles. The maximum absolute atomic E-state index is 12.7. The molecule has 34 heavy (non-hydrogen) atoms. The van der Waals surface area contributed by atoms with Crippen LogP contribution in [-0.4, -0.2) is 32.6 Å². The molecule has 0 spiro atoms. The first kappa shape index (κ1) is 25.0. The van der Waals surface area contributed by atoms with Gasteiger partial charge in [0.15, 0.2) is 0 Å². The summed E-state index contributed by atoms with van der Waals surface area (Å²) in [4.78, 5) is 24.7. The Hall–Kier alpha value is -3.68. The summed E-state index contributed by atoms with van der Waals surface area (Å²) in [6.45, 7) is 5.70. The smallest absolute Gasteiger partial charge is 0.268 e. The van der Waals surface area contributed by atoms with Crippen LogP contribution in [0.15, 0.2) is 73.1 Å². The lowest BCUT2D eigenvalue weighted by atomic mass is 10.1. The van der Waals surface area contributed by atoms with Crippen molar-refractivity contribution >= 4 is 29.1 Å². The number of halogens is 1. The van der Waals surface area contributed by atoms with E-state index >= 15 is 0 Å². The van der Waals surface area contributed by atoms with Crippen LogP contribution in [0.3, 0.4) is 0 Å². The zero-order chi connectivity index (χ0) is 24.5. The first-order valence-corrected chi connectivity index (χ1v) is 11.4. The highest BCUT2D eigenvalue weighted by Crippen LogP contribution is 2.27. The van der Waals surface area contributed by atoms with Crippen molar-refractivity contribution in [1.82, 2.24) is 20.3 Å². The van der Waals surface area contributed by atoms with Gasteiger partial charge >= 0.3 is 0 Å². The number of anilines is 2. The summed E-state index contributed by atoms with van der Waals surface area (Å²) in [6, 6.07) is 17.9. The first-order chi connectivity index (χ1) is 16.5. The van der Waals surface area contributed by atoms with Gasteiger partial charge in [0.2, 0.25) is 5.95 Å². The Bertz CT molecular complexity index is 1230. The normalized spacial score (nSPS) is 11.2. The number of hydrogen-bond acceptors (Lipinski definition) is 5. The number of carbonyl (C=O) groups excluding carboxylic acids is 1. The third kappa shape index (κ3) is 6.01. The van der Waals surface area contributed by atoms with E-state index in [-0.39, 0.29) is 12.5 Å². The van der Waals surface area contributed by atoms with Gasteiger partial charge in [-0.2, -0.15) is 0 Å². The van der Waals surface area contributed by atoms with E-state index in [1.54, 1.807) is 24.5 Å². The lowest BCUT2D eigenvalue weighted by Crippen LogP contribution is -2.30. The summed E-state index contributed by atoms with van der Waals surface area (Å²) in [5, 5.41) is 16.2. The second-order valence-corrected chi connectivity index (χ2v) is 7.66. The van der Waals surface area contributed by atoms with E-state index in [1.165, 1.54) is 0 Å². The topological polar surface area (TPSA) is 103 Å². The lowest BCUT2D eigenvalue weighted by molar-refractivity contribution is 0.0912. The molecule has 4 N–H and O–H groups in total. The Kier molecular flexibility index (Phi) is 8.79. The number of rotatable bonds is 7. The zero-order valence-corrected chi connectivity index (χ0v) is 20.1. The SMILES string of the molecule is CC.Cc1cnc(Nc2ccccc2Cl)nc1-c1c[nH]c(C(=O)NC(CO)c2ccccc2)c1. The maximum atomic E-state index is 12.7. The van der Waals surface area contributed by atoms with E-state index < -0.39 is 6.04 Å². The molecule has 0 saturated heterocycles. The van der Waals surface area contributed by atoms with E-state index in [4.69, 9.17) is 11.6 Å². The molecule has 0 fully saturated rings. The van der Waals surface area contributed by atoms with Gasteiger partial charge in [0, 0.05) is 18.0 Å². The number of aromatic nitrogens is 3. The lowest BCUT2D eigenvalue weighted by Gasteiger charge is -2.16. The third-order valence-corrected chi connectivity index (χ3v) is 5.31. The summed E-state index contributed by atoms with van der Waals surface area (Å²) >= 11 is 6.21. The van der Waals surface area contributed by atoms with Gasteiger partial charge in [-0.05, 0) is 36.2 Å². The number of hydrogen-bond donors (Lipinski definition) is 4. The summed E-state index contributed by atoms with van der Waals surface area (Å²) in [5.74, 6) is 0.0793. The molecule has 8 heteroatoms. The molecular formula is C26H28ClN5O2. The van der Waals surface area contributed by atoms with Crippen molar-refractivity contribution in [2.45, 2.75) is 26.8 Å². The number of aromatic amines is 1. The van der Waals surface area contributed by atoms with Crippen LogP contribution in [0.1, 0.15) is 41.5 Å². The fourth-order valence-corrected chi connectivity index (χ4v) is 3.48. The van der Waals surface area contributed by atoms with Crippen LogP contribution in [0.5, 0.6) is 0 Å². The van der Waals surface area contributed by atoms with Gasteiger partial charge in [0.05, 0.1) is 29.1 Å². The second kappa shape index (κ2) is 12.0. The average Bonchev–Trinajstić information content (AvgIpc) is 3.37. The van der Waals surface area contributed by atoms with Crippen LogP contribution in [0.25, 0.3) is 11.3 Å². The highest BCUT2D eigenvalue weighted by molar-refractivity contribution is 6.33. The van der Waals surface area contributed by atoms with Crippen molar-refractivity contribution in [2.75, 3.05) is 11.9 Å². The van der Waals surface area contributed by atoms with Crippen LogP contribution in [-0.2, 0) is 0 Å². The van der Waals surface area contributed by atoms with Crippen molar-refractivity contribution in [1.29, 1.82) is 0 Å². The number of amides is 1. The van der Waals surface area contributed by atoms with E-state index in [2.05, 4.69) is 25.6 Å². The van der Waals surface area contributed by atoms with Crippen molar-refractivity contribution in [3.8, 4) is 11.3 Å². The van der Waals surface area contributed by atoms with Gasteiger partial charge in [-0.1, -0.05) is 67.9 Å². The van der Waals surface area contributed by atoms with E-state index in [1.807, 2.05) is 69.3 Å². The van der Waals surface area contributed by atoms with Crippen molar-refractivity contribution in [3.05, 3.63) is 94.9 Å². The molecule has 4 rings (SSSR count). The minimum Gasteiger partial charge on any atom is -0.394 e. The third-order valence-electron chi connectivity index (χ3n) is 4.98. The number of benzene rings is 2. The predicted octanol–water partition coefficient (Wildman–Crippen LogP) is 5.67. The minimum absolute atomic E-state index is 0.203. The van der Waals surface area contributed by atoms with Crippen LogP contribution in [0.2, 0.25) is 5.02 Å². The molecule has 1 atom stereocenters. The van der Waals surface area contributed by atoms with E-state index in [0.717, 1.165) is 16.7 Å². The molecule has 1 unspecified atom stereocenters. The van der Waals surface area contributed by atoms with Crippen molar-refractivity contribution in [2.24, 2.45) is 0 Å². The van der Waals surface area contributed by atoms with E-state index in [9.17, 15) is 9.90 Å². The molecule has 1 amide bonds. The van der Waals surface area contributed by atoms with Crippen LogP contribution < -0.4 is 10.6 Å². The largest absolute Gasteiger partial charge is 0.394 e. The molecule has 0 aliphatic heterocycles. The molecule has 4 aromatic rings. The highest BCUT2D eigenvalue weighted by Gasteiger charge is 2.17. The Morgan fingerprint density at radius 3 is 2.53 bits per heavy atom. The number of nitrogens with zero attached hydrogens (tertiary/aromatic N) is 2. The molecular weight excluding hydrogens is 450 g/mol.